The summed E-state index contributed by atoms with van der Waals surface area (Å²) in [6.45, 7) is 5.10. The molecule has 2 aromatic heterocycles. The number of pyridine rings is 1. The van der Waals surface area contributed by atoms with Crippen molar-refractivity contribution in [1.29, 1.82) is 0 Å². The van der Waals surface area contributed by atoms with E-state index in [1.807, 2.05) is 55.6 Å². The molecule has 0 aliphatic heterocycles. The standard InChI is InChI=1S/C19H19ClN2O2S/c1-3-23-17-9-8-13(10-18(17)24-4-2)19-22-16(12-25-19)15-7-5-6-14(11-20)21-15/h5-10,12H,3-4,11H2,1-2H3. The fourth-order valence-corrected chi connectivity index (χ4v) is 3.36. The Morgan fingerprint density at radius 1 is 0.960 bits per heavy atom. The van der Waals surface area contributed by atoms with Gasteiger partial charge in [-0.2, -0.15) is 0 Å². The zero-order valence-electron chi connectivity index (χ0n) is 14.2. The van der Waals surface area contributed by atoms with E-state index in [9.17, 15) is 0 Å². The van der Waals surface area contributed by atoms with Gasteiger partial charge < -0.3 is 9.47 Å². The molecule has 0 aliphatic carbocycles. The van der Waals surface area contributed by atoms with Crippen molar-refractivity contribution in [2.75, 3.05) is 13.2 Å². The molecule has 3 aromatic rings. The number of alkyl halides is 1. The first-order valence-electron chi connectivity index (χ1n) is 8.13. The largest absolute Gasteiger partial charge is 0.490 e. The molecule has 0 radical (unpaired) electrons. The number of benzene rings is 1. The third kappa shape index (κ3) is 4.11. The van der Waals surface area contributed by atoms with E-state index in [4.69, 9.17) is 26.1 Å². The van der Waals surface area contributed by atoms with Gasteiger partial charge in [-0.3, -0.25) is 0 Å². The Hall–Kier alpha value is -2.11. The Morgan fingerprint density at radius 2 is 1.76 bits per heavy atom. The van der Waals surface area contributed by atoms with E-state index >= 15 is 0 Å². The van der Waals surface area contributed by atoms with Gasteiger partial charge in [-0.1, -0.05) is 6.07 Å². The second-order valence-corrected chi connectivity index (χ2v) is 6.34. The van der Waals surface area contributed by atoms with Crippen LogP contribution in [0.2, 0.25) is 0 Å². The average Bonchev–Trinajstić information content (AvgIpc) is 3.14. The third-order valence-corrected chi connectivity index (χ3v) is 4.67. The Labute approximate surface area is 156 Å². The van der Waals surface area contributed by atoms with Crippen LogP contribution in [-0.4, -0.2) is 23.2 Å². The fourth-order valence-electron chi connectivity index (χ4n) is 2.40. The zero-order chi connectivity index (χ0) is 17.6. The zero-order valence-corrected chi connectivity index (χ0v) is 15.7. The molecule has 0 atom stereocenters. The van der Waals surface area contributed by atoms with Crippen molar-refractivity contribution >= 4 is 22.9 Å². The fraction of sp³-hybridized carbons (Fsp3) is 0.263. The number of aromatic nitrogens is 2. The molecule has 3 rings (SSSR count). The van der Waals surface area contributed by atoms with Crippen LogP contribution in [0.4, 0.5) is 0 Å². The summed E-state index contributed by atoms with van der Waals surface area (Å²) in [6.07, 6.45) is 0. The van der Waals surface area contributed by atoms with E-state index < -0.39 is 0 Å². The first-order valence-corrected chi connectivity index (χ1v) is 9.54. The summed E-state index contributed by atoms with van der Waals surface area (Å²) < 4.78 is 11.3. The van der Waals surface area contributed by atoms with Gasteiger partial charge in [0, 0.05) is 10.9 Å². The van der Waals surface area contributed by atoms with Gasteiger partial charge >= 0.3 is 0 Å². The Kier molecular flexibility index (Phi) is 5.89. The van der Waals surface area contributed by atoms with Crippen LogP contribution in [-0.2, 0) is 5.88 Å². The van der Waals surface area contributed by atoms with Crippen molar-refractivity contribution in [2.45, 2.75) is 19.7 Å². The quantitative estimate of drug-likeness (QED) is 0.519. The molecule has 0 spiro atoms. The van der Waals surface area contributed by atoms with E-state index in [2.05, 4.69) is 4.98 Å². The number of nitrogens with zero attached hydrogens (tertiary/aromatic N) is 2. The molecule has 130 valence electrons. The Morgan fingerprint density at radius 3 is 2.52 bits per heavy atom. The normalized spacial score (nSPS) is 10.7. The summed E-state index contributed by atoms with van der Waals surface area (Å²) in [5.41, 5.74) is 3.51. The molecule has 4 nitrogen and oxygen atoms in total. The van der Waals surface area contributed by atoms with Crippen LogP contribution in [0.5, 0.6) is 11.5 Å². The summed E-state index contributed by atoms with van der Waals surface area (Å²) in [5.74, 6) is 1.88. The summed E-state index contributed by atoms with van der Waals surface area (Å²) in [4.78, 5) is 9.24. The van der Waals surface area contributed by atoms with Gasteiger partial charge in [0.15, 0.2) is 11.5 Å². The maximum absolute atomic E-state index is 5.87. The molecule has 0 fully saturated rings. The maximum atomic E-state index is 5.87. The predicted molar refractivity (Wildman–Crippen MR) is 103 cm³/mol. The van der Waals surface area contributed by atoms with Gasteiger partial charge in [-0.15, -0.1) is 22.9 Å². The molecule has 0 bridgehead atoms. The van der Waals surface area contributed by atoms with Crippen LogP contribution in [0.25, 0.3) is 22.0 Å². The first kappa shape index (κ1) is 17.7. The molecule has 25 heavy (non-hydrogen) atoms. The lowest BCUT2D eigenvalue weighted by Crippen LogP contribution is -1.98. The van der Waals surface area contributed by atoms with E-state index in [1.165, 1.54) is 0 Å². The van der Waals surface area contributed by atoms with E-state index in [-0.39, 0.29) is 0 Å². The average molecular weight is 375 g/mol. The van der Waals surface area contributed by atoms with Crippen LogP contribution < -0.4 is 9.47 Å². The minimum absolute atomic E-state index is 0.390. The smallest absolute Gasteiger partial charge is 0.161 e. The molecular weight excluding hydrogens is 356 g/mol. The van der Waals surface area contributed by atoms with Crippen molar-refractivity contribution in [2.24, 2.45) is 0 Å². The van der Waals surface area contributed by atoms with Crippen molar-refractivity contribution in [1.82, 2.24) is 9.97 Å². The van der Waals surface area contributed by atoms with Crippen LogP contribution in [0.3, 0.4) is 0 Å². The lowest BCUT2D eigenvalue weighted by molar-refractivity contribution is 0.288. The van der Waals surface area contributed by atoms with Crippen LogP contribution in [0.15, 0.2) is 41.8 Å². The second-order valence-electron chi connectivity index (χ2n) is 5.21. The van der Waals surface area contributed by atoms with E-state index in [0.717, 1.165) is 39.2 Å². The highest BCUT2D eigenvalue weighted by molar-refractivity contribution is 7.13. The van der Waals surface area contributed by atoms with Gasteiger partial charge in [-0.05, 0) is 44.2 Å². The van der Waals surface area contributed by atoms with Gasteiger partial charge in [0.2, 0.25) is 0 Å². The highest BCUT2D eigenvalue weighted by Crippen LogP contribution is 2.35. The lowest BCUT2D eigenvalue weighted by Gasteiger charge is -2.11. The van der Waals surface area contributed by atoms with Crippen LogP contribution >= 0.6 is 22.9 Å². The second kappa shape index (κ2) is 8.32. The molecule has 2 heterocycles. The lowest BCUT2D eigenvalue weighted by atomic mass is 10.2. The maximum Gasteiger partial charge on any atom is 0.161 e. The van der Waals surface area contributed by atoms with Gasteiger partial charge in [0.05, 0.1) is 30.5 Å². The van der Waals surface area contributed by atoms with Gasteiger partial charge in [0.25, 0.3) is 0 Å². The molecule has 0 aliphatic rings. The van der Waals surface area contributed by atoms with Crippen LogP contribution in [0.1, 0.15) is 19.5 Å². The molecular formula is C19H19ClN2O2S. The molecule has 0 saturated heterocycles. The molecule has 0 saturated carbocycles. The number of halogens is 1. The molecule has 6 heteroatoms. The van der Waals surface area contributed by atoms with Crippen molar-refractivity contribution < 1.29 is 9.47 Å². The summed E-state index contributed by atoms with van der Waals surface area (Å²) in [7, 11) is 0. The molecule has 1 aromatic carbocycles. The molecule has 0 N–H and O–H groups in total. The highest BCUT2D eigenvalue weighted by atomic mass is 35.5. The van der Waals surface area contributed by atoms with Crippen LogP contribution in [0, 0.1) is 0 Å². The third-order valence-electron chi connectivity index (χ3n) is 3.50. The van der Waals surface area contributed by atoms with E-state index in [0.29, 0.717) is 19.1 Å². The van der Waals surface area contributed by atoms with Crippen molar-refractivity contribution in [3.05, 3.63) is 47.5 Å². The molecule has 0 amide bonds. The topological polar surface area (TPSA) is 44.2 Å². The predicted octanol–water partition coefficient (Wildman–Crippen LogP) is 5.41. The monoisotopic (exact) mass is 374 g/mol. The number of ether oxygens (including phenoxy) is 2. The summed E-state index contributed by atoms with van der Waals surface area (Å²) >= 11 is 7.45. The van der Waals surface area contributed by atoms with Crippen molar-refractivity contribution in [3.63, 3.8) is 0 Å². The van der Waals surface area contributed by atoms with Crippen molar-refractivity contribution in [3.8, 4) is 33.5 Å². The molecule has 0 unspecified atom stereocenters. The first-order chi connectivity index (χ1) is 12.2. The van der Waals surface area contributed by atoms with Gasteiger partial charge in [0.1, 0.15) is 10.7 Å². The van der Waals surface area contributed by atoms with E-state index in [1.54, 1.807) is 11.3 Å². The number of rotatable bonds is 7. The summed E-state index contributed by atoms with van der Waals surface area (Å²) in [6, 6.07) is 11.7. The number of hydrogen-bond acceptors (Lipinski definition) is 5. The summed E-state index contributed by atoms with van der Waals surface area (Å²) in [5, 5.41) is 2.92. The number of hydrogen-bond donors (Lipinski definition) is 0. The SMILES string of the molecule is CCOc1ccc(-c2nc(-c3cccc(CCl)n3)cs2)cc1OCC. The Balaban J connectivity index is 1.92. The minimum Gasteiger partial charge on any atom is -0.490 e. The Bertz CT molecular complexity index is 851. The minimum atomic E-state index is 0.390. The van der Waals surface area contributed by atoms with Gasteiger partial charge in [-0.25, -0.2) is 9.97 Å². The number of thiazole rings is 1. The highest BCUT2D eigenvalue weighted by Gasteiger charge is 2.12.